The fourth-order valence-electron chi connectivity index (χ4n) is 2.57. The number of sulfonamides is 1. The Morgan fingerprint density at radius 3 is 2.52 bits per heavy atom. The van der Waals surface area contributed by atoms with Crippen molar-refractivity contribution < 1.29 is 8.42 Å². The molecule has 1 aliphatic rings. The van der Waals surface area contributed by atoms with Crippen LogP contribution in [0.25, 0.3) is 5.57 Å². The average molecular weight is 307 g/mol. The van der Waals surface area contributed by atoms with E-state index in [4.69, 9.17) is 0 Å². The van der Waals surface area contributed by atoms with E-state index < -0.39 is 10.0 Å². The first-order valence-electron chi connectivity index (χ1n) is 7.76. The van der Waals surface area contributed by atoms with E-state index in [9.17, 15) is 8.42 Å². The minimum atomic E-state index is -3.08. The van der Waals surface area contributed by atoms with Crippen molar-refractivity contribution in [2.24, 2.45) is 5.92 Å². The molecule has 2 rings (SSSR count). The molecule has 1 aromatic carbocycles. The maximum atomic E-state index is 11.4. The van der Waals surface area contributed by atoms with Crippen LogP contribution in [0.4, 0.5) is 0 Å². The Kier molecular flexibility index (Phi) is 5.59. The van der Waals surface area contributed by atoms with Gasteiger partial charge in [0.25, 0.3) is 0 Å². The van der Waals surface area contributed by atoms with Gasteiger partial charge in [0.15, 0.2) is 0 Å². The third kappa shape index (κ3) is 4.97. The number of benzene rings is 1. The number of rotatable bonds is 6. The Balaban J connectivity index is 1.90. The Hall–Kier alpha value is -1.13. The van der Waals surface area contributed by atoms with Crippen LogP contribution < -0.4 is 4.72 Å². The van der Waals surface area contributed by atoms with E-state index in [1.807, 2.05) is 0 Å². The summed E-state index contributed by atoms with van der Waals surface area (Å²) in [4.78, 5) is 0. The smallest absolute Gasteiger partial charge is 0.211 e. The van der Waals surface area contributed by atoms with E-state index in [1.54, 1.807) is 6.92 Å². The Labute approximate surface area is 128 Å². The van der Waals surface area contributed by atoms with Gasteiger partial charge in [-0.1, -0.05) is 37.3 Å². The molecule has 116 valence electrons. The minimum absolute atomic E-state index is 0.137. The van der Waals surface area contributed by atoms with Gasteiger partial charge in [-0.2, -0.15) is 0 Å². The quantitative estimate of drug-likeness (QED) is 0.876. The van der Waals surface area contributed by atoms with Crippen molar-refractivity contribution >= 4 is 15.6 Å². The molecule has 0 radical (unpaired) electrons. The molecule has 4 heteroatoms. The average Bonchev–Trinajstić information content (AvgIpc) is 2.49. The molecule has 0 saturated carbocycles. The van der Waals surface area contributed by atoms with Crippen LogP contribution in [0.15, 0.2) is 30.3 Å². The van der Waals surface area contributed by atoms with Crippen LogP contribution in [0.5, 0.6) is 0 Å². The first-order chi connectivity index (χ1) is 10.00. The normalized spacial score (nSPS) is 19.3. The highest BCUT2D eigenvalue weighted by Gasteiger charge is 2.11. The van der Waals surface area contributed by atoms with Gasteiger partial charge in [-0.25, -0.2) is 13.1 Å². The summed E-state index contributed by atoms with van der Waals surface area (Å²) in [7, 11) is -3.08. The molecule has 0 fully saturated rings. The topological polar surface area (TPSA) is 46.2 Å². The van der Waals surface area contributed by atoms with Crippen LogP contribution >= 0.6 is 0 Å². The molecular weight excluding hydrogens is 282 g/mol. The fraction of sp³-hybridized carbons (Fsp3) is 0.529. The van der Waals surface area contributed by atoms with Crippen LogP contribution in [0, 0.1) is 5.92 Å². The monoisotopic (exact) mass is 307 g/mol. The molecule has 0 heterocycles. The molecule has 0 spiro atoms. The molecule has 0 bridgehead atoms. The molecule has 1 atom stereocenters. The Morgan fingerprint density at radius 2 is 1.95 bits per heavy atom. The first-order valence-corrected chi connectivity index (χ1v) is 9.41. The predicted octanol–water partition coefficient (Wildman–Crippen LogP) is 3.37. The van der Waals surface area contributed by atoms with Gasteiger partial charge in [-0.3, -0.25) is 0 Å². The molecule has 1 N–H and O–H groups in total. The molecule has 0 saturated heterocycles. The predicted molar refractivity (Wildman–Crippen MR) is 88.6 cm³/mol. The maximum absolute atomic E-state index is 11.4. The molecule has 21 heavy (non-hydrogen) atoms. The fourth-order valence-corrected chi connectivity index (χ4v) is 3.18. The summed E-state index contributed by atoms with van der Waals surface area (Å²) in [5, 5.41) is 0. The van der Waals surface area contributed by atoms with E-state index in [1.165, 1.54) is 29.5 Å². The maximum Gasteiger partial charge on any atom is 0.211 e. The summed E-state index contributed by atoms with van der Waals surface area (Å²) in [5.41, 5.74) is 3.92. The van der Waals surface area contributed by atoms with Crippen molar-refractivity contribution in [3.8, 4) is 0 Å². The van der Waals surface area contributed by atoms with Gasteiger partial charge in [0.1, 0.15) is 0 Å². The zero-order valence-electron chi connectivity index (χ0n) is 12.9. The van der Waals surface area contributed by atoms with Crippen molar-refractivity contribution in [2.45, 2.75) is 39.5 Å². The second-order valence-corrected chi connectivity index (χ2v) is 7.95. The van der Waals surface area contributed by atoms with E-state index in [0.717, 1.165) is 18.8 Å². The van der Waals surface area contributed by atoms with Crippen LogP contribution in [-0.2, 0) is 16.4 Å². The minimum Gasteiger partial charge on any atom is -0.215 e. The molecule has 0 aliphatic heterocycles. The zero-order valence-corrected chi connectivity index (χ0v) is 13.7. The van der Waals surface area contributed by atoms with Crippen molar-refractivity contribution in [1.82, 2.24) is 4.72 Å². The molecule has 1 aromatic rings. The third-order valence-electron chi connectivity index (χ3n) is 4.11. The highest BCUT2D eigenvalue weighted by Crippen LogP contribution is 2.29. The summed E-state index contributed by atoms with van der Waals surface area (Å²) in [5.74, 6) is 0.943. The molecular formula is C17H25NO2S. The lowest BCUT2D eigenvalue weighted by atomic mass is 9.87. The van der Waals surface area contributed by atoms with Gasteiger partial charge in [0.05, 0.1) is 5.75 Å². The lowest BCUT2D eigenvalue weighted by Crippen LogP contribution is -2.27. The van der Waals surface area contributed by atoms with Crippen molar-refractivity contribution in [3.63, 3.8) is 0 Å². The number of nitrogens with one attached hydrogen (secondary N) is 1. The van der Waals surface area contributed by atoms with E-state index >= 15 is 0 Å². The van der Waals surface area contributed by atoms with Gasteiger partial charge < -0.3 is 0 Å². The van der Waals surface area contributed by atoms with Crippen LogP contribution in [0.3, 0.4) is 0 Å². The Bertz CT molecular complexity index is 588. The van der Waals surface area contributed by atoms with Gasteiger partial charge in [-0.05, 0) is 55.2 Å². The lowest BCUT2D eigenvalue weighted by Gasteiger charge is -2.18. The van der Waals surface area contributed by atoms with Crippen LogP contribution in [-0.4, -0.2) is 20.7 Å². The third-order valence-corrected chi connectivity index (χ3v) is 5.52. The summed E-state index contributed by atoms with van der Waals surface area (Å²) in [6.07, 6.45) is 6.70. The standard InChI is InChI=1S/C17H25NO2S/c1-3-21(19,20)18-13-12-15-6-10-17(11-7-15)16-8-4-14(2)5-9-16/h6-8,10-11,14,18H,3-5,9,12-13H2,1-2H3. The van der Waals surface area contributed by atoms with E-state index in [-0.39, 0.29) is 5.75 Å². The summed E-state index contributed by atoms with van der Waals surface area (Å²) < 4.78 is 25.3. The molecule has 0 aromatic heterocycles. The molecule has 1 unspecified atom stereocenters. The van der Waals surface area contributed by atoms with Crippen LogP contribution in [0.2, 0.25) is 0 Å². The molecule has 0 amide bonds. The second kappa shape index (κ2) is 7.23. The molecule has 3 nitrogen and oxygen atoms in total. The van der Waals surface area contributed by atoms with Gasteiger partial charge in [0, 0.05) is 6.54 Å². The largest absolute Gasteiger partial charge is 0.215 e. The van der Waals surface area contributed by atoms with E-state index in [0.29, 0.717) is 6.54 Å². The number of allylic oxidation sites excluding steroid dienone is 2. The highest BCUT2D eigenvalue weighted by atomic mass is 32.2. The van der Waals surface area contributed by atoms with Crippen molar-refractivity contribution in [2.75, 3.05) is 12.3 Å². The van der Waals surface area contributed by atoms with E-state index in [2.05, 4.69) is 42.0 Å². The van der Waals surface area contributed by atoms with Crippen molar-refractivity contribution in [3.05, 3.63) is 41.5 Å². The van der Waals surface area contributed by atoms with Gasteiger partial charge >= 0.3 is 0 Å². The summed E-state index contributed by atoms with van der Waals surface area (Å²) in [6.45, 7) is 4.42. The van der Waals surface area contributed by atoms with Crippen LogP contribution in [0.1, 0.15) is 44.2 Å². The highest BCUT2D eigenvalue weighted by molar-refractivity contribution is 7.89. The summed E-state index contributed by atoms with van der Waals surface area (Å²) in [6, 6.07) is 8.53. The Morgan fingerprint density at radius 1 is 1.24 bits per heavy atom. The summed E-state index contributed by atoms with van der Waals surface area (Å²) >= 11 is 0. The molecule has 1 aliphatic carbocycles. The zero-order chi connectivity index (χ0) is 15.3. The van der Waals surface area contributed by atoms with Gasteiger partial charge in [0.2, 0.25) is 10.0 Å². The lowest BCUT2D eigenvalue weighted by molar-refractivity contribution is 0.534. The second-order valence-electron chi connectivity index (χ2n) is 5.85. The van der Waals surface area contributed by atoms with Gasteiger partial charge in [-0.15, -0.1) is 0 Å². The number of hydrogen-bond donors (Lipinski definition) is 1. The SMILES string of the molecule is CCS(=O)(=O)NCCc1ccc(C2=CCC(C)CC2)cc1. The number of hydrogen-bond acceptors (Lipinski definition) is 2. The first kappa shape index (κ1) is 16.2. The van der Waals surface area contributed by atoms with Crippen molar-refractivity contribution in [1.29, 1.82) is 0 Å².